The number of ether oxygens (including phenoxy) is 1. The summed E-state index contributed by atoms with van der Waals surface area (Å²) in [6.07, 6.45) is 1.53. The lowest BCUT2D eigenvalue weighted by molar-refractivity contribution is -0.496. The first-order chi connectivity index (χ1) is 19.5. The van der Waals surface area contributed by atoms with Gasteiger partial charge in [-0.3, -0.25) is 5.32 Å². The number of aromatic nitrogens is 2. The molecule has 0 aliphatic heterocycles. The molecule has 0 radical (unpaired) electrons. The Morgan fingerprint density at radius 3 is 2.17 bits per heavy atom. The Morgan fingerprint density at radius 1 is 0.902 bits per heavy atom. The van der Waals surface area contributed by atoms with E-state index in [0.29, 0.717) is 0 Å². The molecule has 12 heteroatoms. The predicted octanol–water partition coefficient (Wildman–Crippen LogP) is 6.44. The number of hydrogen-bond acceptors (Lipinski definition) is 5. The number of fused-ring (bicyclic) bond motifs is 5. The summed E-state index contributed by atoms with van der Waals surface area (Å²) in [7, 11) is -4.44. The van der Waals surface area contributed by atoms with Crippen molar-refractivity contribution in [3.63, 3.8) is 0 Å². The molecule has 0 saturated heterocycles. The van der Waals surface area contributed by atoms with Crippen LogP contribution in [-0.4, -0.2) is 30.0 Å². The van der Waals surface area contributed by atoms with Crippen LogP contribution in [0.1, 0.15) is 0 Å². The highest BCUT2D eigenvalue weighted by atomic mass is 32.2. The minimum atomic E-state index is -6.09. The Hall–Kier alpha value is -4.68. The molecule has 6 aromatic rings. The van der Waals surface area contributed by atoms with Crippen molar-refractivity contribution in [3.05, 3.63) is 109 Å². The summed E-state index contributed by atoms with van der Waals surface area (Å²) < 4.78 is 82.7. The van der Waals surface area contributed by atoms with E-state index in [-0.39, 0.29) is 5.82 Å². The molecular weight excluding hydrogens is 562 g/mol. The minimum absolute atomic E-state index is 0.299. The zero-order valence-corrected chi connectivity index (χ0v) is 22.1. The Kier molecular flexibility index (Phi) is 7.28. The van der Waals surface area contributed by atoms with Crippen molar-refractivity contribution < 1.29 is 39.7 Å². The molecule has 41 heavy (non-hydrogen) atoms. The molecule has 6 rings (SSSR count). The molecule has 0 unspecified atom stereocenters. The van der Waals surface area contributed by atoms with E-state index in [2.05, 4.69) is 40.0 Å². The number of nitrogens with zero attached hydrogens (tertiary/aromatic N) is 2. The van der Waals surface area contributed by atoms with E-state index < -0.39 is 15.6 Å². The van der Waals surface area contributed by atoms with Crippen LogP contribution in [0.15, 0.2) is 103 Å². The lowest BCUT2D eigenvalue weighted by Gasteiger charge is -2.08. The highest BCUT2D eigenvalue weighted by molar-refractivity contribution is 7.86. The van der Waals surface area contributed by atoms with Crippen molar-refractivity contribution in [2.24, 2.45) is 0 Å². The number of nitrogens with one attached hydrogen (secondary N) is 1. The minimum Gasteiger partial charge on any atom is -0.741 e. The maximum Gasteiger partial charge on any atom is 0.485 e. The Bertz CT molecular complexity index is 1980. The molecule has 0 saturated carbocycles. The van der Waals surface area contributed by atoms with Crippen LogP contribution in [0.3, 0.4) is 0 Å². The highest BCUT2D eigenvalue weighted by Gasteiger charge is 2.37. The van der Waals surface area contributed by atoms with Gasteiger partial charge < -0.3 is 9.29 Å². The SMILES string of the molecule is COc1ccc(Nc2c3c4ccccc4cc(-c4ccccc4)n3c3ccc(F)c[n+]23)cc1.O=S(=O)([O-])C(F)(F)F. The number of pyridine rings is 2. The molecule has 1 N–H and O–H groups in total. The van der Waals surface area contributed by atoms with Gasteiger partial charge in [-0.15, -0.1) is 0 Å². The van der Waals surface area contributed by atoms with Gasteiger partial charge in [-0.25, -0.2) is 17.2 Å². The number of alkyl halides is 3. The summed E-state index contributed by atoms with van der Waals surface area (Å²) in [5.74, 6) is 1.28. The second kappa shape index (κ2) is 10.7. The van der Waals surface area contributed by atoms with Gasteiger partial charge in [0.05, 0.1) is 12.8 Å². The van der Waals surface area contributed by atoms with Crippen LogP contribution >= 0.6 is 0 Å². The number of hydrogen-bond donors (Lipinski definition) is 1. The van der Waals surface area contributed by atoms with Gasteiger partial charge in [0.15, 0.2) is 21.5 Å². The van der Waals surface area contributed by atoms with E-state index in [4.69, 9.17) is 17.7 Å². The van der Waals surface area contributed by atoms with Gasteiger partial charge in [-0.05, 0) is 41.8 Å². The maximum absolute atomic E-state index is 14.4. The number of anilines is 2. The van der Waals surface area contributed by atoms with Crippen LogP contribution in [-0.2, 0) is 10.1 Å². The third-order valence-corrected chi connectivity index (χ3v) is 6.83. The van der Waals surface area contributed by atoms with Gasteiger partial charge in [0.2, 0.25) is 5.65 Å². The summed E-state index contributed by atoms with van der Waals surface area (Å²) in [5.41, 5.74) is -0.786. The third kappa shape index (κ3) is 5.52. The molecule has 0 spiro atoms. The fraction of sp³-hybridized carbons (Fsp3) is 0.0690. The number of halogens is 4. The molecule has 3 aromatic heterocycles. The lowest BCUT2D eigenvalue weighted by Crippen LogP contribution is -2.23. The second-order valence-corrected chi connectivity index (χ2v) is 10.2. The van der Waals surface area contributed by atoms with Crippen LogP contribution < -0.4 is 14.5 Å². The summed E-state index contributed by atoms with van der Waals surface area (Å²) in [5, 5.41) is 5.74. The smallest absolute Gasteiger partial charge is 0.485 e. The third-order valence-electron chi connectivity index (χ3n) is 6.26. The lowest BCUT2D eigenvalue weighted by atomic mass is 10.1. The molecule has 0 bridgehead atoms. The first-order valence-electron chi connectivity index (χ1n) is 12.0. The van der Waals surface area contributed by atoms with E-state index in [1.54, 1.807) is 7.11 Å². The molecule has 0 amide bonds. The van der Waals surface area contributed by atoms with Gasteiger partial charge in [0.1, 0.15) is 17.6 Å². The largest absolute Gasteiger partial charge is 0.741 e. The Morgan fingerprint density at radius 2 is 1.54 bits per heavy atom. The average Bonchev–Trinajstić information content (AvgIpc) is 3.26. The van der Waals surface area contributed by atoms with Crippen LogP contribution in [0.4, 0.5) is 29.1 Å². The summed E-state index contributed by atoms with van der Waals surface area (Å²) in [4.78, 5) is 0. The normalized spacial score (nSPS) is 11.9. The number of methoxy groups -OCH3 is 1. The zero-order chi connectivity index (χ0) is 29.4. The standard InChI is InChI=1S/C28H21FN3O.CHF3O3S/c1-33-23-14-12-22(13-15-23)30-28-27-24-10-6-5-9-20(24)17-25(19-7-3-2-4-8-19)32(27)26-16-11-21(29)18-31(26)28;2-1(3,4)8(5,6)7/h2-18,30H,1H3;(H,5,6,7)/q+1;/p-1. The summed E-state index contributed by atoms with van der Waals surface area (Å²) in [6, 6.07) is 31.8. The van der Waals surface area contributed by atoms with E-state index in [9.17, 15) is 17.6 Å². The topological polar surface area (TPSA) is 87.0 Å². The van der Waals surface area contributed by atoms with Gasteiger partial charge in [0, 0.05) is 17.0 Å². The van der Waals surface area contributed by atoms with Crippen molar-refractivity contribution in [1.29, 1.82) is 0 Å². The fourth-order valence-electron chi connectivity index (χ4n) is 4.46. The quantitative estimate of drug-likeness (QED) is 0.112. The van der Waals surface area contributed by atoms with E-state index in [1.165, 1.54) is 12.3 Å². The van der Waals surface area contributed by atoms with Crippen molar-refractivity contribution in [3.8, 4) is 17.0 Å². The molecule has 0 aliphatic carbocycles. The van der Waals surface area contributed by atoms with E-state index >= 15 is 0 Å². The first-order valence-corrected chi connectivity index (χ1v) is 13.4. The van der Waals surface area contributed by atoms with Crippen LogP contribution in [0.2, 0.25) is 0 Å². The van der Waals surface area contributed by atoms with Crippen LogP contribution in [0, 0.1) is 5.82 Å². The molecule has 0 atom stereocenters. The van der Waals surface area contributed by atoms with Crippen molar-refractivity contribution in [1.82, 2.24) is 4.40 Å². The molecule has 210 valence electrons. The predicted molar refractivity (Wildman–Crippen MR) is 145 cm³/mol. The Labute approximate surface area is 231 Å². The number of benzene rings is 3. The van der Waals surface area contributed by atoms with Crippen LogP contribution in [0.5, 0.6) is 5.75 Å². The molecule has 3 heterocycles. The fourth-order valence-corrected chi connectivity index (χ4v) is 4.46. The Balaban J connectivity index is 0.000000372. The van der Waals surface area contributed by atoms with Crippen LogP contribution in [0.25, 0.3) is 33.2 Å². The first kappa shape index (κ1) is 27.9. The summed E-state index contributed by atoms with van der Waals surface area (Å²) >= 11 is 0. The molecule has 7 nitrogen and oxygen atoms in total. The van der Waals surface area contributed by atoms with Crippen molar-refractivity contribution in [2.45, 2.75) is 5.51 Å². The summed E-state index contributed by atoms with van der Waals surface area (Å²) in [6.45, 7) is 0. The van der Waals surface area contributed by atoms with Crippen molar-refractivity contribution >= 4 is 43.6 Å². The average molecular weight is 584 g/mol. The number of rotatable bonds is 4. The molecule has 0 aliphatic rings. The van der Waals surface area contributed by atoms with Crippen molar-refractivity contribution in [2.75, 3.05) is 12.4 Å². The monoisotopic (exact) mass is 583 g/mol. The van der Waals surface area contributed by atoms with Gasteiger partial charge >= 0.3 is 5.51 Å². The second-order valence-electron chi connectivity index (χ2n) is 8.84. The zero-order valence-electron chi connectivity index (χ0n) is 21.3. The molecular formula is C29H21F4N3O4S. The molecule has 0 fully saturated rings. The number of imidazole rings is 1. The van der Waals surface area contributed by atoms with Gasteiger partial charge in [-0.1, -0.05) is 54.6 Å². The van der Waals surface area contributed by atoms with E-state index in [1.807, 2.05) is 65.1 Å². The maximum atomic E-state index is 14.4. The van der Waals surface area contributed by atoms with E-state index in [0.717, 1.165) is 50.4 Å². The highest BCUT2D eigenvalue weighted by Crippen LogP contribution is 2.34. The van der Waals surface area contributed by atoms with Gasteiger partial charge in [0.25, 0.3) is 5.82 Å². The molecule has 3 aromatic carbocycles. The van der Waals surface area contributed by atoms with Gasteiger partial charge in [-0.2, -0.15) is 17.6 Å².